The second kappa shape index (κ2) is 7.04. The molecule has 2 atom stereocenters. The number of hydrogen-bond donors (Lipinski definition) is 2. The van der Waals surface area contributed by atoms with Crippen LogP contribution < -0.4 is 5.32 Å². The fourth-order valence-corrected chi connectivity index (χ4v) is 2.29. The van der Waals surface area contributed by atoms with Gasteiger partial charge < -0.3 is 15.2 Å². The second-order valence-electron chi connectivity index (χ2n) is 4.59. The van der Waals surface area contributed by atoms with E-state index in [0.717, 1.165) is 12.8 Å². The lowest BCUT2D eigenvalue weighted by Crippen LogP contribution is -2.29. The second-order valence-corrected chi connectivity index (χ2v) is 4.59. The molecule has 20 heavy (non-hydrogen) atoms. The SMILES string of the molecule is CCC1OCCC1C(=O)Nc1cc(C#CCO)ccn1. The number of rotatable bonds is 3. The highest BCUT2D eigenvalue weighted by Gasteiger charge is 2.32. The maximum Gasteiger partial charge on any atom is 0.231 e. The van der Waals surface area contributed by atoms with Crippen LogP contribution in [0.1, 0.15) is 25.3 Å². The number of pyridine rings is 1. The van der Waals surface area contributed by atoms with Gasteiger partial charge in [0, 0.05) is 18.4 Å². The summed E-state index contributed by atoms with van der Waals surface area (Å²) in [6.07, 6.45) is 3.15. The van der Waals surface area contributed by atoms with Crippen LogP contribution >= 0.6 is 0 Å². The van der Waals surface area contributed by atoms with Gasteiger partial charge in [-0.15, -0.1) is 0 Å². The molecule has 2 unspecified atom stereocenters. The molecule has 1 aromatic heterocycles. The Bertz CT molecular complexity index is 533. The first-order chi connectivity index (χ1) is 9.74. The summed E-state index contributed by atoms with van der Waals surface area (Å²) in [4.78, 5) is 16.3. The first-order valence-corrected chi connectivity index (χ1v) is 6.73. The average Bonchev–Trinajstić information content (AvgIpc) is 2.94. The Labute approximate surface area is 118 Å². The molecule has 2 heterocycles. The van der Waals surface area contributed by atoms with Gasteiger partial charge in [-0.3, -0.25) is 4.79 Å². The Hall–Kier alpha value is -1.90. The molecule has 0 aliphatic carbocycles. The van der Waals surface area contributed by atoms with Gasteiger partial charge in [-0.25, -0.2) is 4.98 Å². The van der Waals surface area contributed by atoms with Gasteiger partial charge in [0.05, 0.1) is 12.0 Å². The van der Waals surface area contributed by atoms with E-state index in [1.807, 2.05) is 6.92 Å². The van der Waals surface area contributed by atoms with Crippen molar-refractivity contribution in [3.05, 3.63) is 23.9 Å². The molecule has 0 radical (unpaired) electrons. The molecule has 1 aliphatic rings. The van der Waals surface area contributed by atoms with E-state index < -0.39 is 0 Å². The van der Waals surface area contributed by atoms with Crippen molar-refractivity contribution in [1.82, 2.24) is 4.98 Å². The normalized spacial score (nSPS) is 21.1. The highest BCUT2D eigenvalue weighted by atomic mass is 16.5. The van der Waals surface area contributed by atoms with Crippen molar-refractivity contribution in [1.29, 1.82) is 0 Å². The minimum atomic E-state index is -0.193. The summed E-state index contributed by atoms with van der Waals surface area (Å²) in [6.45, 7) is 2.45. The zero-order valence-corrected chi connectivity index (χ0v) is 11.4. The number of aliphatic hydroxyl groups excluding tert-OH is 1. The Kier molecular flexibility index (Phi) is 5.10. The Morgan fingerprint density at radius 2 is 2.50 bits per heavy atom. The Morgan fingerprint density at radius 1 is 1.65 bits per heavy atom. The van der Waals surface area contributed by atoms with Crippen molar-refractivity contribution in [2.45, 2.75) is 25.9 Å². The predicted octanol–water partition coefficient (Wildman–Crippen LogP) is 1.18. The van der Waals surface area contributed by atoms with Gasteiger partial charge in [0.25, 0.3) is 0 Å². The lowest BCUT2D eigenvalue weighted by Gasteiger charge is -2.16. The fraction of sp³-hybridized carbons (Fsp3) is 0.467. The molecule has 2 rings (SSSR count). The lowest BCUT2D eigenvalue weighted by atomic mass is 9.99. The lowest BCUT2D eigenvalue weighted by molar-refractivity contribution is -0.121. The smallest absolute Gasteiger partial charge is 0.231 e. The summed E-state index contributed by atoms with van der Waals surface area (Å²) in [5.41, 5.74) is 0.707. The van der Waals surface area contributed by atoms with Gasteiger partial charge in [-0.05, 0) is 25.0 Å². The number of aromatic nitrogens is 1. The minimum Gasteiger partial charge on any atom is -0.384 e. The summed E-state index contributed by atoms with van der Waals surface area (Å²) < 4.78 is 5.52. The topological polar surface area (TPSA) is 71.5 Å². The molecule has 0 aromatic carbocycles. The minimum absolute atomic E-state index is 0.00707. The van der Waals surface area contributed by atoms with E-state index in [0.29, 0.717) is 18.0 Å². The molecule has 1 aromatic rings. The monoisotopic (exact) mass is 274 g/mol. The maximum atomic E-state index is 12.2. The van der Waals surface area contributed by atoms with Gasteiger partial charge in [-0.2, -0.15) is 0 Å². The van der Waals surface area contributed by atoms with E-state index in [-0.39, 0.29) is 24.5 Å². The number of amides is 1. The third-order valence-corrected chi connectivity index (χ3v) is 3.27. The first kappa shape index (κ1) is 14.5. The molecule has 0 spiro atoms. The van der Waals surface area contributed by atoms with Crippen molar-refractivity contribution in [3.8, 4) is 11.8 Å². The third kappa shape index (κ3) is 3.56. The van der Waals surface area contributed by atoms with Crippen LogP contribution in [0.4, 0.5) is 5.82 Å². The van der Waals surface area contributed by atoms with Gasteiger partial charge in [0.2, 0.25) is 5.91 Å². The third-order valence-electron chi connectivity index (χ3n) is 3.27. The number of ether oxygens (including phenoxy) is 1. The number of anilines is 1. The average molecular weight is 274 g/mol. The summed E-state index contributed by atoms with van der Waals surface area (Å²) in [5, 5.41) is 11.5. The molecular weight excluding hydrogens is 256 g/mol. The zero-order chi connectivity index (χ0) is 14.4. The number of aliphatic hydroxyl groups is 1. The van der Waals surface area contributed by atoms with Crippen LogP contribution in [0.5, 0.6) is 0 Å². The molecule has 1 fully saturated rings. The van der Waals surface area contributed by atoms with Crippen molar-refractivity contribution < 1.29 is 14.6 Å². The number of carbonyl (C=O) groups is 1. The molecule has 5 nitrogen and oxygen atoms in total. The molecule has 1 aliphatic heterocycles. The van der Waals surface area contributed by atoms with Gasteiger partial charge in [0.15, 0.2) is 0 Å². The molecular formula is C15H18N2O3. The molecule has 5 heteroatoms. The number of hydrogen-bond acceptors (Lipinski definition) is 4. The van der Waals surface area contributed by atoms with Gasteiger partial charge in [0.1, 0.15) is 12.4 Å². The highest BCUT2D eigenvalue weighted by Crippen LogP contribution is 2.24. The van der Waals surface area contributed by atoms with Gasteiger partial charge in [-0.1, -0.05) is 18.8 Å². The van der Waals surface area contributed by atoms with Crippen molar-refractivity contribution >= 4 is 11.7 Å². The quantitative estimate of drug-likeness (QED) is 0.812. The van der Waals surface area contributed by atoms with Crippen LogP contribution in [0, 0.1) is 17.8 Å². The van der Waals surface area contributed by atoms with Crippen molar-refractivity contribution in [2.75, 3.05) is 18.5 Å². The van der Waals surface area contributed by atoms with E-state index in [1.54, 1.807) is 18.3 Å². The number of carbonyl (C=O) groups excluding carboxylic acids is 1. The standard InChI is InChI=1S/C15H18N2O3/c1-2-13-12(6-9-20-13)15(19)17-14-10-11(4-3-8-18)5-7-16-14/h5,7,10,12-13,18H,2,6,8-9H2,1H3,(H,16,17,19). The largest absolute Gasteiger partial charge is 0.384 e. The summed E-state index contributed by atoms with van der Waals surface area (Å²) in [6, 6.07) is 3.42. The van der Waals surface area contributed by atoms with E-state index in [4.69, 9.17) is 9.84 Å². The molecule has 106 valence electrons. The van der Waals surface area contributed by atoms with Crippen LogP contribution in [-0.4, -0.2) is 35.3 Å². The molecule has 1 amide bonds. The van der Waals surface area contributed by atoms with Crippen LogP contribution in [0.2, 0.25) is 0 Å². The van der Waals surface area contributed by atoms with Crippen molar-refractivity contribution in [2.24, 2.45) is 5.92 Å². The zero-order valence-electron chi connectivity index (χ0n) is 11.4. The molecule has 0 bridgehead atoms. The number of nitrogens with one attached hydrogen (secondary N) is 1. The van der Waals surface area contributed by atoms with Gasteiger partial charge >= 0.3 is 0 Å². The highest BCUT2D eigenvalue weighted by molar-refractivity contribution is 5.92. The summed E-state index contributed by atoms with van der Waals surface area (Å²) in [7, 11) is 0. The number of nitrogens with zero attached hydrogens (tertiary/aromatic N) is 1. The van der Waals surface area contributed by atoms with Crippen molar-refractivity contribution in [3.63, 3.8) is 0 Å². The Balaban J connectivity index is 2.04. The fourth-order valence-electron chi connectivity index (χ4n) is 2.29. The summed E-state index contributed by atoms with van der Waals surface area (Å²) in [5.74, 6) is 5.64. The predicted molar refractivity (Wildman–Crippen MR) is 75.0 cm³/mol. The van der Waals surface area contributed by atoms with E-state index in [9.17, 15) is 4.79 Å². The molecule has 1 saturated heterocycles. The van der Waals surface area contributed by atoms with Crippen LogP contribution in [0.25, 0.3) is 0 Å². The van der Waals surface area contributed by atoms with Crippen LogP contribution in [-0.2, 0) is 9.53 Å². The van der Waals surface area contributed by atoms with E-state index >= 15 is 0 Å². The maximum absolute atomic E-state index is 12.2. The first-order valence-electron chi connectivity index (χ1n) is 6.73. The molecule has 2 N–H and O–H groups in total. The van der Waals surface area contributed by atoms with E-state index in [2.05, 4.69) is 22.1 Å². The summed E-state index contributed by atoms with van der Waals surface area (Å²) >= 11 is 0. The van der Waals surface area contributed by atoms with Crippen LogP contribution in [0.15, 0.2) is 18.3 Å². The Morgan fingerprint density at radius 3 is 3.25 bits per heavy atom. The van der Waals surface area contributed by atoms with E-state index in [1.165, 1.54) is 0 Å². The molecule has 0 saturated carbocycles. The van der Waals surface area contributed by atoms with Crippen LogP contribution in [0.3, 0.4) is 0 Å².